The molecule has 0 aromatic heterocycles. The molecule has 5 nitrogen and oxygen atoms in total. The van der Waals surface area contributed by atoms with Crippen LogP contribution in [-0.2, 0) is 23.8 Å². The zero-order chi connectivity index (χ0) is 23.0. The van der Waals surface area contributed by atoms with Crippen LogP contribution in [-0.4, -0.2) is 38.4 Å². The van der Waals surface area contributed by atoms with Crippen molar-refractivity contribution in [3.05, 3.63) is 11.6 Å². The average Bonchev–Trinajstić information content (AvgIpc) is 2.74. The van der Waals surface area contributed by atoms with Crippen molar-refractivity contribution < 1.29 is 23.8 Å². The summed E-state index contributed by atoms with van der Waals surface area (Å²) in [6, 6.07) is 0. The normalized spacial score (nSPS) is 39.9. The molecule has 0 N–H and O–H groups in total. The molecule has 31 heavy (non-hydrogen) atoms. The standard InChI is InChI=1S/C26H42O5/c1-8-31-22(27)16-26(30-7)15-21-24(4,12-9-13-25(21,5)23(28)29-6)19-11-10-18(17(2)3)14-20(19)26/h14,17,19-21H,8-13,15-16H2,1-7H3/t19?,20-,21?,24+,25+,26-/m0/s1. The highest BCUT2D eigenvalue weighted by molar-refractivity contribution is 5.77. The van der Waals surface area contributed by atoms with E-state index in [1.54, 1.807) is 7.11 Å². The molecule has 176 valence electrons. The van der Waals surface area contributed by atoms with E-state index in [1.165, 1.54) is 12.7 Å². The predicted octanol–water partition coefficient (Wildman–Crippen LogP) is 5.32. The van der Waals surface area contributed by atoms with E-state index in [4.69, 9.17) is 14.2 Å². The summed E-state index contributed by atoms with van der Waals surface area (Å²) in [4.78, 5) is 25.8. The maximum absolute atomic E-state index is 13.0. The van der Waals surface area contributed by atoms with Gasteiger partial charge in [-0.25, -0.2) is 0 Å². The number of carbonyl (C=O) groups excluding carboxylic acids is 2. The zero-order valence-electron chi connectivity index (χ0n) is 20.6. The molecule has 0 radical (unpaired) electrons. The van der Waals surface area contributed by atoms with Gasteiger partial charge in [0, 0.05) is 13.0 Å². The molecule has 2 unspecified atom stereocenters. The number of allylic oxidation sites excluding steroid dienone is 1. The van der Waals surface area contributed by atoms with Crippen molar-refractivity contribution in [3.63, 3.8) is 0 Å². The van der Waals surface area contributed by atoms with E-state index >= 15 is 0 Å². The molecule has 0 aromatic rings. The maximum atomic E-state index is 13.0. The Kier molecular flexibility index (Phi) is 6.96. The molecule has 6 atom stereocenters. The fourth-order valence-electron chi connectivity index (χ4n) is 7.38. The summed E-state index contributed by atoms with van der Waals surface area (Å²) >= 11 is 0. The SMILES string of the molecule is CCOC(=O)C[C@@]1(OC)CC2[C@](C)(CCC[C@@]2(C)C(=O)OC)C2CCC(C(C)C)=C[C@@H]21. The molecule has 2 fully saturated rings. The van der Waals surface area contributed by atoms with Crippen molar-refractivity contribution in [1.29, 1.82) is 0 Å². The van der Waals surface area contributed by atoms with Crippen LogP contribution in [0.1, 0.15) is 79.6 Å². The molecule has 0 amide bonds. The van der Waals surface area contributed by atoms with Gasteiger partial charge in [0.05, 0.1) is 31.2 Å². The summed E-state index contributed by atoms with van der Waals surface area (Å²) in [7, 11) is 3.22. The third kappa shape index (κ3) is 3.96. The molecule has 0 spiro atoms. The predicted molar refractivity (Wildman–Crippen MR) is 120 cm³/mol. The van der Waals surface area contributed by atoms with Gasteiger partial charge in [0.1, 0.15) is 0 Å². The van der Waals surface area contributed by atoms with Gasteiger partial charge in [0.2, 0.25) is 0 Å². The summed E-state index contributed by atoms with van der Waals surface area (Å²) in [5.74, 6) is 0.757. The molecule has 0 heterocycles. The highest BCUT2D eigenvalue weighted by atomic mass is 16.5. The molecule has 2 saturated carbocycles. The third-order valence-corrected chi connectivity index (χ3v) is 9.10. The second kappa shape index (κ2) is 8.88. The summed E-state index contributed by atoms with van der Waals surface area (Å²) in [6.07, 6.45) is 8.44. The Labute approximate surface area is 188 Å². The van der Waals surface area contributed by atoms with Crippen LogP contribution in [0.25, 0.3) is 0 Å². The van der Waals surface area contributed by atoms with Crippen molar-refractivity contribution in [3.8, 4) is 0 Å². The zero-order valence-corrected chi connectivity index (χ0v) is 20.6. The third-order valence-electron chi connectivity index (χ3n) is 9.10. The molecule has 0 aliphatic heterocycles. The minimum absolute atomic E-state index is 0.0154. The monoisotopic (exact) mass is 434 g/mol. The van der Waals surface area contributed by atoms with E-state index in [0.717, 1.165) is 32.1 Å². The van der Waals surface area contributed by atoms with Gasteiger partial charge in [-0.15, -0.1) is 0 Å². The van der Waals surface area contributed by atoms with Crippen molar-refractivity contribution in [2.24, 2.45) is 34.5 Å². The number of carbonyl (C=O) groups is 2. The Balaban J connectivity index is 2.13. The molecule has 3 rings (SSSR count). The van der Waals surface area contributed by atoms with Crippen LogP contribution in [0, 0.1) is 34.5 Å². The van der Waals surface area contributed by atoms with Gasteiger partial charge >= 0.3 is 11.9 Å². The van der Waals surface area contributed by atoms with Gasteiger partial charge < -0.3 is 14.2 Å². The second-order valence-electron chi connectivity index (χ2n) is 10.8. The van der Waals surface area contributed by atoms with E-state index in [-0.39, 0.29) is 35.6 Å². The second-order valence-corrected chi connectivity index (χ2v) is 10.8. The number of ether oxygens (including phenoxy) is 3. The number of fused-ring (bicyclic) bond motifs is 3. The van der Waals surface area contributed by atoms with E-state index < -0.39 is 11.0 Å². The Morgan fingerprint density at radius 1 is 1.19 bits per heavy atom. The first-order valence-corrected chi connectivity index (χ1v) is 12.1. The molecule has 0 aromatic carbocycles. The molecular weight excluding hydrogens is 392 g/mol. The number of methoxy groups -OCH3 is 2. The summed E-state index contributed by atoms with van der Waals surface area (Å²) in [5.41, 5.74) is 0.253. The summed E-state index contributed by atoms with van der Waals surface area (Å²) in [5, 5.41) is 0. The molecule has 0 bridgehead atoms. The topological polar surface area (TPSA) is 61.8 Å². The van der Waals surface area contributed by atoms with Crippen molar-refractivity contribution in [2.75, 3.05) is 20.8 Å². The van der Waals surface area contributed by atoms with Crippen molar-refractivity contribution in [2.45, 2.75) is 85.2 Å². The molecule has 5 heteroatoms. The smallest absolute Gasteiger partial charge is 0.311 e. The lowest BCUT2D eigenvalue weighted by Crippen LogP contribution is -2.63. The first kappa shape index (κ1) is 24.3. The van der Waals surface area contributed by atoms with E-state index in [1.807, 2.05) is 6.92 Å². The van der Waals surface area contributed by atoms with Gasteiger partial charge in [-0.05, 0) is 69.1 Å². The quantitative estimate of drug-likeness (QED) is 0.418. The largest absolute Gasteiger partial charge is 0.469 e. The van der Waals surface area contributed by atoms with Crippen LogP contribution in [0.15, 0.2) is 11.6 Å². The van der Waals surface area contributed by atoms with Crippen molar-refractivity contribution >= 4 is 11.9 Å². The van der Waals surface area contributed by atoms with Crippen LogP contribution in [0.2, 0.25) is 0 Å². The van der Waals surface area contributed by atoms with Gasteiger partial charge in [0.25, 0.3) is 0 Å². The maximum Gasteiger partial charge on any atom is 0.311 e. The van der Waals surface area contributed by atoms with Crippen LogP contribution >= 0.6 is 0 Å². The van der Waals surface area contributed by atoms with Crippen LogP contribution in [0.3, 0.4) is 0 Å². The molecule has 3 aliphatic carbocycles. The Morgan fingerprint density at radius 2 is 1.90 bits per heavy atom. The first-order valence-electron chi connectivity index (χ1n) is 12.1. The van der Waals surface area contributed by atoms with E-state index in [0.29, 0.717) is 24.9 Å². The lowest BCUT2D eigenvalue weighted by Gasteiger charge is -2.64. The van der Waals surface area contributed by atoms with Crippen LogP contribution < -0.4 is 0 Å². The Bertz CT molecular complexity index is 727. The highest BCUT2D eigenvalue weighted by Gasteiger charge is 2.65. The molecule has 0 saturated heterocycles. The van der Waals surface area contributed by atoms with Crippen LogP contribution in [0.5, 0.6) is 0 Å². The fraction of sp³-hybridized carbons (Fsp3) is 0.846. The Morgan fingerprint density at radius 3 is 2.48 bits per heavy atom. The number of rotatable bonds is 6. The minimum Gasteiger partial charge on any atom is -0.469 e. The molecule has 3 aliphatic rings. The molecular formula is C26H42O5. The highest BCUT2D eigenvalue weighted by Crippen LogP contribution is 2.67. The minimum atomic E-state index is -0.658. The first-order chi connectivity index (χ1) is 14.6. The van der Waals surface area contributed by atoms with Gasteiger partial charge in [-0.1, -0.05) is 38.8 Å². The van der Waals surface area contributed by atoms with Crippen LogP contribution in [0.4, 0.5) is 0 Å². The fourth-order valence-corrected chi connectivity index (χ4v) is 7.38. The van der Waals surface area contributed by atoms with Gasteiger partial charge in [-0.3, -0.25) is 9.59 Å². The average molecular weight is 435 g/mol. The van der Waals surface area contributed by atoms with Gasteiger partial charge in [0.15, 0.2) is 0 Å². The van der Waals surface area contributed by atoms with E-state index in [9.17, 15) is 9.59 Å². The summed E-state index contributed by atoms with van der Waals surface area (Å²) < 4.78 is 17.0. The number of hydrogen-bond acceptors (Lipinski definition) is 5. The number of esters is 2. The lowest BCUT2D eigenvalue weighted by molar-refractivity contribution is -0.212. The summed E-state index contributed by atoms with van der Waals surface area (Å²) in [6.45, 7) is 11.1. The van der Waals surface area contributed by atoms with E-state index in [2.05, 4.69) is 33.8 Å². The van der Waals surface area contributed by atoms with Crippen molar-refractivity contribution in [1.82, 2.24) is 0 Å². The lowest BCUT2D eigenvalue weighted by atomic mass is 9.41. The Hall–Kier alpha value is -1.36. The van der Waals surface area contributed by atoms with Gasteiger partial charge in [-0.2, -0.15) is 0 Å². The number of hydrogen-bond donors (Lipinski definition) is 0.